The Morgan fingerprint density at radius 3 is 2.60 bits per heavy atom. The average Bonchev–Trinajstić information content (AvgIpc) is 3.37. The van der Waals surface area contributed by atoms with Crippen LogP contribution in [-0.2, 0) is 33.8 Å². The average molecular weight is 603 g/mol. The van der Waals surface area contributed by atoms with Crippen LogP contribution in [0.5, 0.6) is 0 Å². The highest BCUT2D eigenvalue weighted by Crippen LogP contribution is 2.43. The summed E-state index contributed by atoms with van der Waals surface area (Å²) >= 11 is 0. The molecule has 1 amide bonds. The highest BCUT2D eigenvalue weighted by atomic mass is 32.2. The zero-order valence-corrected chi connectivity index (χ0v) is 26.2. The van der Waals surface area contributed by atoms with Gasteiger partial charge in [-0.2, -0.15) is 0 Å². The molecule has 1 aliphatic carbocycles. The van der Waals surface area contributed by atoms with Crippen molar-refractivity contribution < 1.29 is 17.6 Å². The van der Waals surface area contributed by atoms with E-state index in [2.05, 4.69) is 23.6 Å². The fourth-order valence-electron chi connectivity index (χ4n) is 5.90. The summed E-state index contributed by atoms with van der Waals surface area (Å²) in [6.45, 7) is 8.34. The zero-order valence-electron chi connectivity index (χ0n) is 25.3. The molecule has 0 radical (unpaired) electrons. The van der Waals surface area contributed by atoms with Gasteiger partial charge in [0.25, 0.3) is 0 Å². The number of carbonyl (C=O) groups excluding carboxylic acids is 1. The van der Waals surface area contributed by atoms with Gasteiger partial charge in [0, 0.05) is 37.6 Å². The maximum Gasteiger partial charge on any atom is 0.241 e. The Hall–Kier alpha value is -3.82. The van der Waals surface area contributed by atoms with Gasteiger partial charge in [0.15, 0.2) is 0 Å². The first-order valence-electron chi connectivity index (χ1n) is 14.6. The van der Waals surface area contributed by atoms with Crippen LogP contribution < -0.4 is 9.62 Å². The molecule has 1 N–H and O–H groups in total. The summed E-state index contributed by atoms with van der Waals surface area (Å²) in [7, 11) is -1.90. The fourth-order valence-corrected chi connectivity index (χ4v) is 7.25. The molecule has 43 heavy (non-hydrogen) atoms. The van der Waals surface area contributed by atoms with E-state index >= 15 is 0 Å². The zero-order chi connectivity index (χ0) is 30.9. The highest BCUT2D eigenvalue weighted by molar-refractivity contribution is 7.89. The number of halogens is 1. The molecule has 4 aromatic rings. The summed E-state index contributed by atoms with van der Waals surface area (Å²) in [6, 6.07) is 18.7. The number of carbonyl (C=O) groups is 1. The molecule has 0 saturated heterocycles. The minimum atomic E-state index is -3.78. The molecule has 0 unspecified atom stereocenters. The Bertz CT molecular complexity index is 1750. The second-order valence-corrected chi connectivity index (χ2v) is 14.0. The van der Waals surface area contributed by atoms with E-state index < -0.39 is 16.1 Å². The van der Waals surface area contributed by atoms with Crippen LogP contribution in [-0.4, -0.2) is 23.9 Å². The number of aromatic nitrogens is 2. The van der Waals surface area contributed by atoms with Gasteiger partial charge in [0.05, 0.1) is 11.4 Å². The summed E-state index contributed by atoms with van der Waals surface area (Å²) in [5, 5.41) is 0. The summed E-state index contributed by atoms with van der Waals surface area (Å²) in [5.41, 5.74) is 4.03. The number of sulfonamides is 1. The van der Waals surface area contributed by atoms with Crippen molar-refractivity contribution in [2.24, 2.45) is 7.05 Å². The highest BCUT2D eigenvalue weighted by Gasteiger charge is 2.36. The first-order chi connectivity index (χ1) is 20.3. The van der Waals surface area contributed by atoms with Gasteiger partial charge >= 0.3 is 0 Å². The molecular formula is C34H39FN4O3S. The number of nitrogens with zero attached hydrogens (tertiary/aromatic N) is 3. The maximum absolute atomic E-state index is 14.0. The van der Waals surface area contributed by atoms with Crippen LogP contribution >= 0.6 is 0 Å². The number of fused-ring (bicyclic) bond motifs is 1. The first kappa shape index (κ1) is 30.6. The third-order valence-corrected chi connectivity index (χ3v) is 10.00. The van der Waals surface area contributed by atoms with E-state index in [1.54, 1.807) is 35.4 Å². The van der Waals surface area contributed by atoms with Gasteiger partial charge in [-0.1, -0.05) is 51.1 Å². The largest absolute Gasteiger partial charge is 0.337 e. The van der Waals surface area contributed by atoms with Crippen LogP contribution in [0.1, 0.15) is 80.1 Å². The van der Waals surface area contributed by atoms with Crippen LogP contribution in [0.4, 0.5) is 10.1 Å². The lowest BCUT2D eigenvalue weighted by molar-refractivity contribution is -0.119. The molecule has 1 heterocycles. The van der Waals surface area contributed by atoms with Crippen molar-refractivity contribution in [3.05, 3.63) is 113 Å². The second kappa shape index (κ2) is 12.1. The molecule has 3 aromatic carbocycles. The van der Waals surface area contributed by atoms with Crippen molar-refractivity contribution >= 4 is 21.6 Å². The third kappa shape index (κ3) is 6.73. The molecule has 0 saturated carbocycles. The fraction of sp³-hybridized carbons (Fsp3) is 0.353. The second-order valence-electron chi connectivity index (χ2n) is 12.3. The first-order valence-corrected chi connectivity index (χ1v) is 16.1. The molecule has 1 aliphatic rings. The number of imidazole rings is 1. The van der Waals surface area contributed by atoms with E-state index in [1.807, 2.05) is 62.0 Å². The molecule has 0 aliphatic heterocycles. The lowest BCUT2D eigenvalue weighted by Gasteiger charge is -2.38. The van der Waals surface area contributed by atoms with Crippen molar-refractivity contribution in [1.82, 2.24) is 14.3 Å². The van der Waals surface area contributed by atoms with E-state index in [4.69, 9.17) is 0 Å². The lowest BCUT2D eigenvalue weighted by atomic mass is 9.71. The molecule has 226 valence electrons. The van der Waals surface area contributed by atoms with Crippen molar-refractivity contribution in [3.63, 3.8) is 0 Å². The Kier molecular flexibility index (Phi) is 8.58. The molecule has 9 heteroatoms. The lowest BCUT2D eigenvalue weighted by Crippen LogP contribution is -2.37. The van der Waals surface area contributed by atoms with Gasteiger partial charge in [0.2, 0.25) is 15.9 Å². The monoisotopic (exact) mass is 602 g/mol. The normalized spacial score (nSPS) is 16.8. The van der Waals surface area contributed by atoms with Crippen LogP contribution in [0.2, 0.25) is 0 Å². The number of rotatable bonds is 9. The Balaban J connectivity index is 1.52. The Morgan fingerprint density at radius 1 is 1.14 bits per heavy atom. The van der Waals surface area contributed by atoms with Crippen LogP contribution in [0.3, 0.4) is 0 Å². The van der Waals surface area contributed by atoms with Gasteiger partial charge in [-0.25, -0.2) is 22.5 Å². The number of benzene rings is 3. The minimum Gasteiger partial charge on any atom is -0.337 e. The molecule has 2 atom stereocenters. The number of hydrogen-bond donors (Lipinski definition) is 1. The number of amides is 1. The minimum absolute atomic E-state index is 0.133. The molecule has 5 rings (SSSR count). The third-order valence-electron chi connectivity index (χ3n) is 8.53. The molecule has 0 fully saturated rings. The predicted octanol–water partition coefficient (Wildman–Crippen LogP) is 6.69. The molecule has 0 spiro atoms. The number of nitrogens with one attached hydrogen (secondary N) is 1. The number of anilines is 1. The van der Waals surface area contributed by atoms with E-state index in [0.717, 1.165) is 28.7 Å². The van der Waals surface area contributed by atoms with Crippen molar-refractivity contribution in [1.29, 1.82) is 0 Å². The maximum atomic E-state index is 14.0. The summed E-state index contributed by atoms with van der Waals surface area (Å²) in [4.78, 5) is 20.3. The van der Waals surface area contributed by atoms with Gasteiger partial charge in [-0.15, -0.1) is 0 Å². The quantitative estimate of drug-likeness (QED) is 0.232. The standard InChI is InChI=1S/C34H39FN4O3S/c1-23-8-6-11-28(18-23)43(41,42)37-31-14-15-34(3,4)30-13-12-27(21-29(30)31)39(22-32-36-16-17-38(32)5)33(40)19-24(2)25-9-7-10-26(35)20-25/h6-13,16-18,20-21,24,31,37H,14-15,19,22H2,1-5H3/t24-,31+/m1/s1. The SMILES string of the molecule is Cc1cccc(S(=O)(=O)N[C@H]2CCC(C)(C)c3ccc(N(Cc4nccn4C)C(=O)C[C@@H](C)c4cccc(F)c4)cc32)c1. The van der Waals surface area contributed by atoms with Gasteiger partial charge in [0.1, 0.15) is 11.6 Å². The predicted molar refractivity (Wildman–Crippen MR) is 167 cm³/mol. The van der Waals surface area contributed by atoms with Gasteiger partial charge < -0.3 is 9.47 Å². The van der Waals surface area contributed by atoms with E-state index in [0.29, 0.717) is 17.9 Å². The smallest absolute Gasteiger partial charge is 0.241 e. The van der Waals surface area contributed by atoms with Crippen LogP contribution in [0, 0.1) is 12.7 Å². The van der Waals surface area contributed by atoms with E-state index in [1.165, 1.54) is 12.1 Å². The Labute approximate surface area is 253 Å². The summed E-state index contributed by atoms with van der Waals surface area (Å²) in [6.07, 6.45) is 5.12. The van der Waals surface area contributed by atoms with Crippen molar-refractivity contribution in [3.8, 4) is 0 Å². The van der Waals surface area contributed by atoms with Crippen molar-refractivity contribution in [2.75, 3.05) is 4.90 Å². The van der Waals surface area contributed by atoms with Gasteiger partial charge in [-0.05, 0) is 89.8 Å². The van der Waals surface area contributed by atoms with Gasteiger partial charge in [-0.3, -0.25) is 4.79 Å². The summed E-state index contributed by atoms with van der Waals surface area (Å²) in [5.74, 6) is 0.0313. The van der Waals surface area contributed by atoms with E-state index in [9.17, 15) is 17.6 Å². The van der Waals surface area contributed by atoms with E-state index in [-0.39, 0.29) is 40.9 Å². The van der Waals surface area contributed by atoms with Crippen molar-refractivity contribution in [2.45, 2.75) is 75.8 Å². The Morgan fingerprint density at radius 2 is 1.91 bits per heavy atom. The number of aryl methyl sites for hydroxylation is 2. The molecular weight excluding hydrogens is 563 g/mol. The molecule has 1 aromatic heterocycles. The summed E-state index contributed by atoms with van der Waals surface area (Å²) < 4.78 is 45.7. The topological polar surface area (TPSA) is 84.3 Å². The molecule has 0 bridgehead atoms. The number of hydrogen-bond acceptors (Lipinski definition) is 4. The van der Waals surface area contributed by atoms with Crippen LogP contribution in [0.25, 0.3) is 0 Å². The van der Waals surface area contributed by atoms with Crippen LogP contribution in [0.15, 0.2) is 84.0 Å². The molecule has 7 nitrogen and oxygen atoms in total.